The number of hydrogen-bond acceptors (Lipinski definition) is 5. The van der Waals surface area contributed by atoms with Gasteiger partial charge in [0, 0.05) is 0 Å². The molecular formula is C20H20ClN3O5. The number of rotatable bonds is 7. The molecular weight excluding hydrogens is 398 g/mol. The maximum absolute atomic E-state index is 12.6. The third kappa shape index (κ3) is 6.62. The van der Waals surface area contributed by atoms with E-state index in [2.05, 4.69) is 5.32 Å². The number of ether oxygens (including phenoxy) is 1. The Bertz CT molecular complexity index is 904. The summed E-state index contributed by atoms with van der Waals surface area (Å²) in [7, 11) is 0. The fourth-order valence-electron chi connectivity index (χ4n) is 2.51. The molecule has 4 N–H and O–H groups in total. The molecule has 2 atom stereocenters. The fraction of sp³-hybridized carbons (Fsp3) is 0.200. The average molecular weight is 418 g/mol. The number of urea groups is 1. The fourth-order valence-corrected chi connectivity index (χ4v) is 2.73. The Morgan fingerprint density at radius 2 is 1.66 bits per heavy atom. The van der Waals surface area contributed by atoms with Crippen LogP contribution in [0, 0.1) is 0 Å². The zero-order chi connectivity index (χ0) is 21.4. The molecule has 0 heterocycles. The molecule has 0 saturated carbocycles. The summed E-state index contributed by atoms with van der Waals surface area (Å²) in [5.74, 6) is -2.05. The number of hydrogen-bond donors (Lipinski definition) is 3. The number of carbonyl (C=O) groups excluding carboxylic acids is 4. The largest absolute Gasteiger partial charge is 0.452 e. The summed E-state index contributed by atoms with van der Waals surface area (Å²) < 4.78 is 5.04. The molecule has 9 heteroatoms. The van der Waals surface area contributed by atoms with Gasteiger partial charge in [0.25, 0.3) is 11.8 Å². The van der Waals surface area contributed by atoms with Crippen LogP contribution >= 0.6 is 11.6 Å². The molecule has 0 radical (unpaired) electrons. The summed E-state index contributed by atoms with van der Waals surface area (Å²) in [6.45, 7) is 1.30. The van der Waals surface area contributed by atoms with Gasteiger partial charge in [-0.2, -0.15) is 0 Å². The van der Waals surface area contributed by atoms with Gasteiger partial charge in [-0.25, -0.2) is 4.79 Å². The van der Waals surface area contributed by atoms with Crippen molar-refractivity contribution < 1.29 is 23.9 Å². The Balaban J connectivity index is 2.12. The second-order valence-corrected chi connectivity index (χ2v) is 6.51. The highest BCUT2D eigenvalue weighted by Gasteiger charge is 2.24. The molecule has 152 valence electrons. The number of nitrogens with two attached hydrogens (primary N) is 1. The maximum atomic E-state index is 12.6. The molecule has 0 fully saturated rings. The van der Waals surface area contributed by atoms with Gasteiger partial charge in [-0.3, -0.25) is 19.7 Å². The molecule has 4 amide bonds. The van der Waals surface area contributed by atoms with Gasteiger partial charge in [0.2, 0.25) is 0 Å². The van der Waals surface area contributed by atoms with Gasteiger partial charge in [0.1, 0.15) is 0 Å². The van der Waals surface area contributed by atoms with Crippen LogP contribution < -0.4 is 16.4 Å². The van der Waals surface area contributed by atoms with Crippen molar-refractivity contribution in [1.82, 2.24) is 10.6 Å². The van der Waals surface area contributed by atoms with Crippen molar-refractivity contribution in [1.29, 1.82) is 0 Å². The van der Waals surface area contributed by atoms with Crippen LogP contribution in [0.2, 0.25) is 5.02 Å². The zero-order valence-electron chi connectivity index (χ0n) is 15.6. The number of esters is 1. The van der Waals surface area contributed by atoms with Crippen LogP contribution in [-0.2, 0) is 14.3 Å². The summed E-state index contributed by atoms with van der Waals surface area (Å²) in [6.07, 6.45) is -1.47. The van der Waals surface area contributed by atoms with E-state index in [1.165, 1.54) is 6.92 Å². The number of amides is 4. The van der Waals surface area contributed by atoms with Crippen LogP contribution in [0.15, 0.2) is 54.6 Å². The van der Waals surface area contributed by atoms with Gasteiger partial charge < -0.3 is 15.8 Å². The van der Waals surface area contributed by atoms with Gasteiger partial charge in [0.05, 0.1) is 23.0 Å². The van der Waals surface area contributed by atoms with Crippen molar-refractivity contribution in [3.05, 3.63) is 70.7 Å². The number of carbonyl (C=O) groups is 4. The highest BCUT2D eigenvalue weighted by atomic mass is 35.5. The van der Waals surface area contributed by atoms with Crippen LogP contribution in [-0.4, -0.2) is 29.9 Å². The van der Waals surface area contributed by atoms with Crippen LogP contribution in [0.5, 0.6) is 0 Å². The number of primary amides is 1. The van der Waals surface area contributed by atoms with Crippen LogP contribution in [0.1, 0.15) is 35.3 Å². The summed E-state index contributed by atoms with van der Waals surface area (Å²) in [5, 5.41) is 4.86. The first-order valence-electron chi connectivity index (χ1n) is 8.68. The smallest absolute Gasteiger partial charge is 0.318 e. The molecule has 0 aliphatic heterocycles. The van der Waals surface area contributed by atoms with E-state index in [1.807, 2.05) is 5.32 Å². The second-order valence-electron chi connectivity index (χ2n) is 6.11. The third-order valence-electron chi connectivity index (χ3n) is 3.92. The molecule has 0 aliphatic rings. The molecule has 0 saturated heterocycles. The monoisotopic (exact) mass is 417 g/mol. The Morgan fingerprint density at radius 1 is 1.03 bits per heavy atom. The summed E-state index contributed by atoms with van der Waals surface area (Å²) in [4.78, 5) is 47.3. The second kappa shape index (κ2) is 10.2. The molecule has 29 heavy (non-hydrogen) atoms. The minimum atomic E-state index is -1.23. The predicted octanol–water partition coefficient (Wildman–Crippen LogP) is 2.33. The Morgan fingerprint density at radius 3 is 2.28 bits per heavy atom. The zero-order valence-corrected chi connectivity index (χ0v) is 16.3. The van der Waals surface area contributed by atoms with Crippen molar-refractivity contribution in [2.24, 2.45) is 5.73 Å². The van der Waals surface area contributed by atoms with Crippen LogP contribution in [0.3, 0.4) is 0 Å². The number of imide groups is 1. The Kier molecular flexibility index (Phi) is 7.73. The lowest BCUT2D eigenvalue weighted by atomic mass is 10.0. The van der Waals surface area contributed by atoms with Gasteiger partial charge in [-0.1, -0.05) is 54.1 Å². The molecule has 0 spiro atoms. The van der Waals surface area contributed by atoms with Crippen molar-refractivity contribution in [2.75, 3.05) is 0 Å². The van der Waals surface area contributed by atoms with E-state index in [1.54, 1.807) is 54.6 Å². The predicted molar refractivity (Wildman–Crippen MR) is 106 cm³/mol. The lowest BCUT2D eigenvalue weighted by Crippen LogP contribution is -2.42. The van der Waals surface area contributed by atoms with Gasteiger partial charge in [-0.05, 0) is 24.6 Å². The maximum Gasteiger partial charge on any atom is 0.318 e. The molecule has 2 aromatic carbocycles. The van der Waals surface area contributed by atoms with E-state index in [-0.39, 0.29) is 17.0 Å². The average Bonchev–Trinajstić information content (AvgIpc) is 2.67. The lowest BCUT2D eigenvalue weighted by molar-refractivity contribution is -0.154. The summed E-state index contributed by atoms with van der Waals surface area (Å²) >= 11 is 6.06. The highest BCUT2D eigenvalue weighted by Crippen LogP contribution is 2.21. The third-order valence-corrected chi connectivity index (χ3v) is 4.25. The molecule has 0 aromatic heterocycles. The number of benzene rings is 2. The van der Waals surface area contributed by atoms with E-state index in [0.717, 1.165) is 0 Å². The topological polar surface area (TPSA) is 128 Å². The van der Waals surface area contributed by atoms with E-state index >= 15 is 0 Å². The highest BCUT2D eigenvalue weighted by molar-refractivity contribution is 6.33. The first kappa shape index (κ1) is 21.9. The van der Waals surface area contributed by atoms with E-state index in [4.69, 9.17) is 22.1 Å². The number of halogens is 1. The molecule has 2 aromatic rings. The normalized spacial score (nSPS) is 12.3. The number of nitrogens with one attached hydrogen (secondary N) is 2. The quantitative estimate of drug-likeness (QED) is 0.595. The summed E-state index contributed by atoms with van der Waals surface area (Å²) in [5.41, 5.74) is 5.80. The van der Waals surface area contributed by atoms with Gasteiger partial charge in [-0.15, -0.1) is 0 Å². The minimum Gasteiger partial charge on any atom is -0.452 e. The van der Waals surface area contributed by atoms with E-state index in [0.29, 0.717) is 5.56 Å². The lowest BCUT2D eigenvalue weighted by Gasteiger charge is -2.20. The molecule has 0 unspecified atom stereocenters. The Labute approximate surface area is 172 Å². The van der Waals surface area contributed by atoms with E-state index < -0.39 is 36.0 Å². The molecule has 0 bridgehead atoms. The van der Waals surface area contributed by atoms with Crippen LogP contribution in [0.4, 0.5) is 4.79 Å². The first-order valence-corrected chi connectivity index (χ1v) is 9.06. The molecule has 2 rings (SSSR count). The van der Waals surface area contributed by atoms with E-state index in [9.17, 15) is 19.2 Å². The van der Waals surface area contributed by atoms with Crippen molar-refractivity contribution >= 4 is 35.4 Å². The SMILES string of the molecule is C[C@H](OC(=O)C[C@@H](NC(=O)c1ccccc1Cl)c1ccccc1)C(=O)NC(N)=O. The van der Waals surface area contributed by atoms with Crippen molar-refractivity contribution in [3.63, 3.8) is 0 Å². The van der Waals surface area contributed by atoms with Gasteiger partial charge >= 0.3 is 12.0 Å². The molecule has 0 aliphatic carbocycles. The Hall–Kier alpha value is -3.39. The standard InChI is InChI=1S/C20H20ClN3O5/c1-12(18(26)24-20(22)28)29-17(25)11-16(13-7-3-2-4-8-13)23-19(27)14-9-5-6-10-15(14)21/h2-10,12,16H,11H2,1H3,(H,23,27)(H3,22,24,26,28)/t12-,16+/m0/s1. The van der Waals surface area contributed by atoms with Gasteiger partial charge in [0.15, 0.2) is 6.10 Å². The van der Waals surface area contributed by atoms with Crippen molar-refractivity contribution in [3.8, 4) is 0 Å². The summed E-state index contributed by atoms with van der Waals surface area (Å²) in [6, 6.07) is 13.6. The first-order chi connectivity index (χ1) is 13.8. The van der Waals surface area contributed by atoms with Crippen LogP contribution in [0.25, 0.3) is 0 Å². The minimum absolute atomic E-state index is 0.242. The van der Waals surface area contributed by atoms with Crippen molar-refractivity contribution in [2.45, 2.75) is 25.5 Å². The molecule has 8 nitrogen and oxygen atoms in total.